The lowest BCUT2D eigenvalue weighted by Crippen LogP contribution is -2.40. The summed E-state index contributed by atoms with van der Waals surface area (Å²) in [7, 11) is 1.64. The predicted molar refractivity (Wildman–Crippen MR) is 86.2 cm³/mol. The van der Waals surface area contributed by atoms with Gasteiger partial charge in [-0.2, -0.15) is 0 Å². The van der Waals surface area contributed by atoms with Gasteiger partial charge in [-0.25, -0.2) is 0 Å². The second-order valence-electron chi connectivity index (χ2n) is 5.38. The summed E-state index contributed by atoms with van der Waals surface area (Å²) < 4.78 is 10.5. The van der Waals surface area contributed by atoms with Crippen LogP contribution in [0.1, 0.15) is 32.3 Å². The van der Waals surface area contributed by atoms with E-state index >= 15 is 0 Å². The molecule has 0 aromatic heterocycles. The lowest BCUT2D eigenvalue weighted by molar-refractivity contribution is -0.149. The minimum atomic E-state index is -0.735. The Morgan fingerprint density at radius 3 is 2.59 bits per heavy atom. The number of rotatable bonds is 11. The number of methoxy groups -OCH3 is 1. The summed E-state index contributed by atoms with van der Waals surface area (Å²) >= 11 is 0. The molecular formula is C17H27NO4. The molecule has 1 aromatic rings. The topological polar surface area (TPSA) is 67.8 Å². The Balaban J connectivity index is 2.53. The molecule has 22 heavy (non-hydrogen) atoms. The van der Waals surface area contributed by atoms with Crippen LogP contribution in [0.3, 0.4) is 0 Å². The van der Waals surface area contributed by atoms with Crippen LogP contribution >= 0.6 is 0 Å². The van der Waals surface area contributed by atoms with Crippen LogP contribution in [0.5, 0.6) is 5.75 Å². The number of carboxylic acid groups (broad SMARTS) is 1. The molecule has 0 bridgehead atoms. The van der Waals surface area contributed by atoms with Gasteiger partial charge in [-0.05, 0) is 30.5 Å². The van der Waals surface area contributed by atoms with Gasteiger partial charge < -0.3 is 19.9 Å². The maximum Gasteiger partial charge on any atom is 0.310 e. The van der Waals surface area contributed by atoms with E-state index in [0.29, 0.717) is 39.1 Å². The Labute approximate surface area is 132 Å². The Morgan fingerprint density at radius 1 is 1.27 bits per heavy atom. The normalized spacial score (nSPS) is 11.4. The number of aliphatic carboxylic acids is 1. The van der Waals surface area contributed by atoms with Crippen molar-refractivity contribution < 1.29 is 19.4 Å². The van der Waals surface area contributed by atoms with Crippen LogP contribution in [0.15, 0.2) is 24.3 Å². The first-order valence-corrected chi connectivity index (χ1v) is 7.72. The molecule has 0 amide bonds. The van der Waals surface area contributed by atoms with Crippen LogP contribution in [0, 0.1) is 5.41 Å². The van der Waals surface area contributed by atoms with E-state index in [4.69, 9.17) is 9.47 Å². The molecule has 0 saturated carbocycles. The van der Waals surface area contributed by atoms with Crippen molar-refractivity contribution in [3.63, 3.8) is 0 Å². The number of hydrogen-bond acceptors (Lipinski definition) is 4. The molecule has 5 heteroatoms. The summed E-state index contributed by atoms with van der Waals surface area (Å²) in [6.45, 7) is 5.99. The molecule has 124 valence electrons. The van der Waals surface area contributed by atoms with Crippen LogP contribution < -0.4 is 10.1 Å². The highest BCUT2D eigenvalue weighted by Gasteiger charge is 2.34. The number of hydrogen-bond donors (Lipinski definition) is 2. The molecule has 1 aromatic carbocycles. The van der Waals surface area contributed by atoms with E-state index in [1.165, 1.54) is 0 Å². The van der Waals surface area contributed by atoms with Crippen LogP contribution in [0.2, 0.25) is 0 Å². The van der Waals surface area contributed by atoms with Crippen molar-refractivity contribution in [2.45, 2.75) is 33.2 Å². The molecule has 2 N–H and O–H groups in total. The smallest absolute Gasteiger partial charge is 0.310 e. The van der Waals surface area contributed by atoms with Gasteiger partial charge >= 0.3 is 5.97 Å². The minimum Gasteiger partial charge on any atom is -0.491 e. The van der Waals surface area contributed by atoms with Gasteiger partial charge in [-0.1, -0.05) is 26.0 Å². The van der Waals surface area contributed by atoms with Gasteiger partial charge in [-0.15, -0.1) is 0 Å². The third-order valence-corrected chi connectivity index (χ3v) is 4.05. The molecule has 0 atom stereocenters. The fourth-order valence-electron chi connectivity index (χ4n) is 2.31. The molecule has 5 nitrogen and oxygen atoms in total. The first-order valence-electron chi connectivity index (χ1n) is 7.72. The van der Waals surface area contributed by atoms with E-state index in [9.17, 15) is 9.90 Å². The Bertz CT molecular complexity index is 458. The fourth-order valence-corrected chi connectivity index (χ4v) is 2.31. The van der Waals surface area contributed by atoms with Crippen LogP contribution in [-0.4, -0.2) is 37.9 Å². The maximum absolute atomic E-state index is 11.5. The molecule has 0 radical (unpaired) electrons. The van der Waals surface area contributed by atoms with E-state index in [1.54, 1.807) is 7.11 Å². The number of benzene rings is 1. The summed E-state index contributed by atoms with van der Waals surface area (Å²) in [5.74, 6) is 0.0634. The number of carbonyl (C=O) groups is 1. The largest absolute Gasteiger partial charge is 0.491 e. The number of nitrogens with one attached hydrogen (secondary N) is 1. The summed E-state index contributed by atoms with van der Waals surface area (Å²) in [5.41, 5.74) is 0.383. The molecule has 0 unspecified atom stereocenters. The van der Waals surface area contributed by atoms with Crippen molar-refractivity contribution in [1.82, 2.24) is 5.32 Å². The van der Waals surface area contributed by atoms with Gasteiger partial charge in [0.15, 0.2) is 0 Å². The molecule has 0 heterocycles. The monoisotopic (exact) mass is 309 g/mol. The molecular weight excluding hydrogens is 282 g/mol. The number of carboxylic acids is 1. The van der Waals surface area contributed by atoms with Crippen molar-refractivity contribution in [2.75, 3.05) is 26.9 Å². The average molecular weight is 309 g/mol. The Morgan fingerprint density at radius 2 is 2.00 bits per heavy atom. The SMILES string of the molecule is CCC(CC)(CNCc1cccc(OCCOC)c1)C(=O)O. The van der Waals surface area contributed by atoms with E-state index < -0.39 is 11.4 Å². The lowest BCUT2D eigenvalue weighted by atomic mass is 9.82. The second kappa shape index (κ2) is 9.43. The standard InChI is InChI=1S/C17H27NO4/c1-4-17(5-2,16(19)20)13-18-12-14-7-6-8-15(11-14)22-10-9-21-3/h6-8,11,18H,4-5,9-10,12-13H2,1-3H3,(H,19,20). The van der Waals surface area contributed by atoms with E-state index in [1.807, 2.05) is 38.1 Å². The van der Waals surface area contributed by atoms with Gasteiger partial charge in [0.2, 0.25) is 0 Å². The molecule has 0 aliphatic rings. The Kier molecular flexibility index (Phi) is 7.91. The molecule has 1 rings (SSSR count). The van der Waals surface area contributed by atoms with Gasteiger partial charge in [0, 0.05) is 20.2 Å². The van der Waals surface area contributed by atoms with Crippen molar-refractivity contribution in [3.8, 4) is 5.75 Å². The van der Waals surface area contributed by atoms with Crippen LogP contribution in [0.25, 0.3) is 0 Å². The van der Waals surface area contributed by atoms with Crippen LogP contribution in [-0.2, 0) is 16.1 Å². The van der Waals surface area contributed by atoms with E-state index in [2.05, 4.69) is 5.32 Å². The predicted octanol–water partition coefficient (Wildman–Crippen LogP) is 2.69. The average Bonchev–Trinajstić information content (AvgIpc) is 2.52. The summed E-state index contributed by atoms with van der Waals surface area (Å²) in [6.07, 6.45) is 1.23. The third kappa shape index (κ3) is 5.31. The second-order valence-corrected chi connectivity index (χ2v) is 5.38. The van der Waals surface area contributed by atoms with Crippen LogP contribution in [0.4, 0.5) is 0 Å². The maximum atomic E-state index is 11.5. The van der Waals surface area contributed by atoms with Gasteiger partial charge in [-0.3, -0.25) is 4.79 Å². The lowest BCUT2D eigenvalue weighted by Gasteiger charge is -2.27. The summed E-state index contributed by atoms with van der Waals surface area (Å²) in [6, 6.07) is 7.79. The first-order chi connectivity index (χ1) is 10.6. The summed E-state index contributed by atoms with van der Waals surface area (Å²) in [5, 5.41) is 12.7. The zero-order chi connectivity index (χ0) is 16.4. The van der Waals surface area contributed by atoms with Crippen molar-refractivity contribution in [2.24, 2.45) is 5.41 Å². The Hall–Kier alpha value is -1.59. The molecule has 0 fully saturated rings. The highest BCUT2D eigenvalue weighted by molar-refractivity contribution is 5.74. The van der Waals surface area contributed by atoms with E-state index in [0.717, 1.165) is 11.3 Å². The highest BCUT2D eigenvalue weighted by atomic mass is 16.5. The third-order valence-electron chi connectivity index (χ3n) is 4.05. The van der Waals surface area contributed by atoms with Gasteiger partial charge in [0.05, 0.1) is 12.0 Å². The number of ether oxygens (including phenoxy) is 2. The molecule has 0 saturated heterocycles. The van der Waals surface area contributed by atoms with E-state index in [-0.39, 0.29) is 0 Å². The fraction of sp³-hybridized carbons (Fsp3) is 0.588. The zero-order valence-electron chi connectivity index (χ0n) is 13.7. The van der Waals surface area contributed by atoms with Crippen molar-refractivity contribution in [1.29, 1.82) is 0 Å². The van der Waals surface area contributed by atoms with Crippen molar-refractivity contribution in [3.05, 3.63) is 29.8 Å². The van der Waals surface area contributed by atoms with Crippen molar-refractivity contribution >= 4 is 5.97 Å². The summed E-state index contributed by atoms with van der Waals surface area (Å²) in [4.78, 5) is 11.5. The van der Waals surface area contributed by atoms with Gasteiger partial charge in [0.25, 0.3) is 0 Å². The molecule has 0 spiro atoms. The highest BCUT2D eigenvalue weighted by Crippen LogP contribution is 2.25. The minimum absolute atomic E-state index is 0.462. The quantitative estimate of drug-likeness (QED) is 0.615. The van der Waals surface area contributed by atoms with Gasteiger partial charge in [0.1, 0.15) is 12.4 Å². The first kappa shape index (κ1) is 18.5. The molecule has 0 aliphatic heterocycles. The zero-order valence-corrected chi connectivity index (χ0v) is 13.7. The molecule has 0 aliphatic carbocycles.